The smallest absolute Gasteiger partial charge is 0.261 e. The first-order valence-corrected chi connectivity index (χ1v) is 12.5. The lowest BCUT2D eigenvalue weighted by Crippen LogP contribution is -2.41. The summed E-state index contributed by atoms with van der Waals surface area (Å²) in [6.07, 6.45) is 3.29. The monoisotopic (exact) mass is 489 g/mol. The molecule has 0 radical (unpaired) electrons. The average Bonchev–Trinajstić information content (AvgIpc) is 3.46. The number of aryl methyl sites for hydroxylation is 1. The van der Waals surface area contributed by atoms with Crippen molar-refractivity contribution >= 4 is 34.3 Å². The molecule has 3 aromatic heterocycles. The number of rotatable bonds is 6. The molecule has 182 valence electrons. The van der Waals surface area contributed by atoms with Crippen molar-refractivity contribution in [1.82, 2.24) is 25.6 Å². The third-order valence-corrected chi connectivity index (χ3v) is 7.39. The number of nitrogens with one attached hydrogen (secondary N) is 3. The maximum absolute atomic E-state index is 12.9. The molecular weight excluding hydrogens is 458 g/mol. The summed E-state index contributed by atoms with van der Waals surface area (Å²) >= 11 is 1.35. The SMILES string of the molecule is Cc1ccc(C(C)NC(=O)c2ccc(-c3cnc4[nH]cc(C(=O)NC(C)C(C)(C)C)c4n3)s2)cc1. The number of carbonyl (C=O) groups excluding carboxylic acids is 2. The van der Waals surface area contributed by atoms with Crippen LogP contribution in [0.4, 0.5) is 0 Å². The first-order valence-electron chi connectivity index (χ1n) is 11.7. The molecule has 4 rings (SSSR count). The van der Waals surface area contributed by atoms with Gasteiger partial charge < -0.3 is 15.6 Å². The standard InChI is InChI=1S/C27H31N5O2S/c1-15-7-9-18(10-8-15)16(2)30-26(34)22-12-11-21(35-22)20-14-29-24-23(32-20)19(13-28-24)25(33)31-17(3)27(4,5)6/h7-14,16-17H,1-6H3,(H,28,29)(H,30,34)(H,31,33). The van der Waals surface area contributed by atoms with Gasteiger partial charge in [0.15, 0.2) is 5.65 Å². The molecule has 0 aliphatic rings. The van der Waals surface area contributed by atoms with Gasteiger partial charge in [-0.1, -0.05) is 50.6 Å². The molecule has 0 fully saturated rings. The molecule has 2 amide bonds. The van der Waals surface area contributed by atoms with E-state index >= 15 is 0 Å². The molecule has 0 aliphatic heterocycles. The number of H-pyrrole nitrogens is 1. The lowest BCUT2D eigenvalue weighted by molar-refractivity contribution is 0.0910. The number of fused-ring (bicyclic) bond motifs is 1. The van der Waals surface area contributed by atoms with Gasteiger partial charge in [-0.2, -0.15) is 0 Å². The summed E-state index contributed by atoms with van der Waals surface area (Å²) in [4.78, 5) is 39.3. The van der Waals surface area contributed by atoms with E-state index in [4.69, 9.17) is 4.98 Å². The molecule has 0 saturated carbocycles. The van der Waals surface area contributed by atoms with Crippen LogP contribution in [-0.2, 0) is 0 Å². The summed E-state index contributed by atoms with van der Waals surface area (Å²) in [5.74, 6) is -0.331. The predicted octanol–water partition coefficient (Wildman–Crippen LogP) is 5.65. The van der Waals surface area contributed by atoms with Gasteiger partial charge in [-0.3, -0.25) is 9.59 Å². The van der Waals surface area contributed by atoms with Crippen LogP contribution in [0.2, 0.25) is 0 Å². The molecule has 2 atom stereocenters. The van der Waals surface area contributed by atoms with E-state index in [9.17, 15) is 9.59 Å². The molecule has 1 aromatic carbocycles. The van der Waals surface area contributed by atoms with Crippen molar-refractivity contribution in [2.24, 2.45) is 5.41 Å². The van der Waals surface area contributed by atoms with Crippen LogP contribution in [0.1, 0.15) is 71.8 Å². The number of carbonyl (C=O) groups is 2. The Kier molecular flexibility index (Phi) is 6.76. The normalized spacial score (nSPS) is 13.4. The average molecular weight is 490 g/mol. The van der Waals surface area contributed by atoms with Crippen LogP contribution in [-0.4, -0.2) is 32.8 Å². The summed E-state index contributed by atoms with van der Waals surface area (Å²) in [5.41, 5.74) is 4.29. The molecule has 0 saturated heterocycles. The van der Waals surface area contributed by atoms with Gasteiger partial charge in [-0.25, -0.2) is 9.97 Å². The van der Waals surface area contributed by atoms with Gasteiger partial charge in [0, 0.05) is 12.2 Å². The zero-order chi connectivity index (χ0) is 25.3. The van der Waals surface area contributed by atoms with Crippen molar-refractivity contribution in [3.8, 4) is 10.6 Å². The fourth-order valence-corrected chi connectivity index (χ4v) is 4.34. The lowest BCUT2D eigenvalue weighted by atomic mass is 9.88. The van der Waals surface area contributed by atoms with Crippen LogP contribution < -0.4 is 10.6 Å². The van der Waals surface area contributed by atoms with Crippen LogP contribution in [0.15, 0.2) is 48.8 Å². The molecule has 7 nitrogen and oxygen atoms in total. The molecule has 0 aliphatic carbocycles. The third kappa shape index (κ3) is 5.43. The van der Waals surface area contributed by atoms with Crippen molar-refractivity contribution in [3.63, 3.8) is 0 Å². The van der Waals surface area contributed by atoms with Gasteiger partial charge >= 0.3 is 0 Å². The number of aromatic nitrogens is 3. The van der Waals surface area contributed by atoms with E-state index in [1.165, 1.54) is 16.9 Å². The van der Waals surface area contributed by atoms with Crippen LogP contribution in [0.5, 0.6) is 0 Å². The molecule has 3 heterocycles. The molecule has 2 unspecified atom stereocenters. The Labute approximate surface area is 209 Å². The summed E-state index contributed by atoms with van der Waals surface area (Å²) < 4.78 is 0. The molecule has 0 bridgehead atoms. The summed E-state index contributed by atoms with van der Waals surface area (Å²) in [7, 11) is 0. The van der Waals surface area contributed by atoms with Crippen molar-refractivity contribution < 1.29 is 9.59 Å². The van der Waals surface area contributed by atoms with Crippen molar-refractivity contribution in [2.75, 3.05) is 0 Å². The molecule has 0 spiro atoms. The van der Waals surface area contributed by atoms with Gasteiger partial charge in [-0.05, 0) is 43.9 Å². The number of benzene rings is 1. The fraction of sp³-hybridized carbons (Fsp3) is 0.333. The molecule has 4 aromatic rings. The van der Waals surface area contributed by atoms with Crippen LogP contribution in [0.3, 0.4) is 0 Å². The summed E-state index contributed by atoms with van der Waals surface area (Å²) in [5, 5.41) is 6.10. The van der Waals surface area contributed by atoms with Crippen LogP contribution in [0.25, 0.3) is 21.7 Å². The van der Waals surface area contributed by atoms with E-state index in [2.05, 4.69) is 41.4 Å². The highest BCUT2D eigenvalue weighted by Crippen LogP contribution is 2.29. The quantitative estimate of drug-likeness (QED) is 0.326. The number of thiophene rings is 1. The number of hydrogen-bond donors (Lipinski definition) is 3. The minimum atomic E-state index is -0.193. The largest absolute Gasteiger partial charge is 0.349 e. The minimum Gasteiger partial charge on any atom is -0.349 e. The van der Waals surface area contributed by atoms with Gasteiger partial charge in [0.2, 0.25) is 0 Å². The molecule has 35 heavy (non-hydrogen) atoms. The fourth-order valence-electron chi connectivity index (χ4n) is 3.48. The second kappa shape index (κ2) is 9.62. The molecule has 8 heteroatoms. The number of nitrogens with zero attached hydrogens (tertiary/aromatic N) is 2. The summed E-state index contributed by atoms with van der Waals surface area (Å²) in [6, 6.07) is 11.7. The Balaban J connectivity index is 1.53. The van der Waals surface area contributed by atoms with E-state index in [1.54, 1.807) is 18.5 Å². The van der Waals surface area contributed by atoms with Gasteiger partial charge in [-0.15, -0.1) is 11.3 Å². The Bertz CT molecular complexity index is 1360. The van der Waals surface area contributed by atoms with E-state index < -0.39 is 0 Å². The van der Waals surface area contributed by atoms with E-state index in [-0.39, 0.29) is 29.3 Å². The maximum Gasteiger partial charge on any atom is 0.261 e. The van der Waals surface area contributed by atoms with E-state index in [0.29, 0.717) is 27.3 Å². The zero-order valence-electron chi connectivity index (χ0n) is 20.9. The number of amides is 2. The molecule has 3 N–H and O–H groups in total. The van der Waals surface area contributed by atoms with Crippen molar-refractivity contribution in [2.45, 2.75) is 53.6 Å². The highest BCUT2D eigenvalue weighted by atomic mass is 32.1. The van der Waals surface area contributed by atoms with Gasteiger partial charge in [0.05, 0.1) is 33.3 Å². The van der Waals surface area contributed by atoms with Gasteiger partial charge in [0.25, 0.3) is 11.8 Å². The van der Waals surface area contributed by atoms with E-state index in [1.807, 2.05) is 51.1 Å². The highest BCUT2D eigenvalue weighted by molar-refractivity contribution is 7.17. The topological polar surface area (TPSA) is 99.8 Å². The predicted molar refractivity (Wildman–Crippen MR) is 141 cm³/mol. The third-order valence-electron chi connectivity index (χ3n) is 6.28. The Hall–Kier alpha value is -3.52. The van der Waals surface area contributed by atoms with Crippen LogP contribution in [0, 0.1) is 12.3 Å². The Morgan fingerprint density at radius 2 is 1.71 bits per heavy atom. The maximum atomic E-state index is 12.9. The summed E-state index contributed by atoms with van der Waals surface area (Å²) in [6.45, 7) is 12.2. The Morgan fingerprint density at radius 1 is 1.00 bits per heavy atom. The first kappa shape index (κ1) is 24.6. The Morgan fingerprint density at radius 3 is 2.40 bits per heavy atom. The van der Waals surface area contributed by atoms with Crippen molar-refractivity contribution in [3.05, 3.63) is 70.4 Å². The highest BCUT2D eigenvalue weighted by Gasteiger charge is 2.24. The zero-order valence-corrected chi connectivity index (χ0v) is 21.7. The minimum absolute atomic E-state index is 0.0169. The van der Waals surface area contributed by atoms with Crippen LogP contribution >= 0.6 is 11.3 Å². The van der Waals surface area contributed by atoms with E-state index in [0.717, 1.165) is 10.4 Å². The van der Waals surface area contributed by atoms with Crippen molar-refractivity contribution in [1.29, 1.82) is 0 Å². The second-order valence-electron chi connectivity index (χ2n) is 9.99. The number of aromatic amines is 1. The van der Waals surface area contributed by atoms with Gasteiger partial charge in [0.1, 0.15) is 5.52 Å². The number of hydrogen-bond acceptors (Lipinski definition) is 5. The lowest BCUT2D eigenvalue weighted by Gasteiger charge is -2.27. The second-order valence-corrected chi connectivity index (χ2v) is 11.1. The first-order chi connectivity index (χ1) is 16.5. The molecular formula is C27H31N5O2S.